The molecule has 1 aromatic carbocycles. The molecule has 1 aromatic heterocycles. The largest absolute Gasteiger partial charge is 0.472 e. The van der Waals surface area contributed by atoms with Crippen LogP contribution in [0.5, 0.6) is 5.88 Å². The van der Waals surface area contributed by atoms with Gasteiger partial charge in [0.2, 0.25) is 15.9 Å². The van der Waals surface area contributed by atoms with Gasteiger partial charge in [-0.1, -0.05) is 6.07 Å². The number of hydrogen-bond donors (Lipinski definition) is 0. The predicted octanol–water partition coefficient (Wildman–Crippen LogP) is 2.90. The summed E-state index contributed by atoms with van der Waals surface area (Å²) in [5.41, 5.74) is 3.29. The molecular formula is C20H25N3O3S. The Bertz CT molecular complexity index is 913. The van der Waals surface area contributed by atoms with Crippen molar-refractivity contribution in [2.75, 3.05) is 13.1 Å². The second-order valence-corrected chi connectivity index (χ2v) is 9.33. The molecule has 0 amide bonds. The van der Waals surface area contributed by atoms with Gasteiger partial charge in [-0.05, 0) is 74.8 Å². The molecule has 0 saturated carbocycles. The van der Waals surface area contributed by atoms with Crippen molar-refractivity contribution in [1.29, 1.82) is 0 Å². The van der Waals surface area contributed by atoms with Gasteiger partial charge in [0.25, 0.3) is 0 Å². The van der Waals surface area contributed by atoms with Gasteiger partial charge < -0.3 is 4.74 Å². The first-order valence-corrected chi connectivity index (χ1v) is 11.1. The quantitative estimate of drug-likeness (QED) is 0.807. The molecule has 0 bridgehead atoms. The first-order chi connectivity index (χ1) is 13.0. The first-order valence-electron chi connectivity index (χ1n) is 9.61. The maximum absolute atomic E-state index is 13.2. The Kier molecular flexibility index (Phi) is 5.14. The van der Waals surface area contributed by atoms with Crippen molar-refractivity contribution in [1.82, 2.24) is 14.5 Å². The van der Waals surface area contributed by atoms with E-state index in [4.69, 9.17) is 4.74 Å². The summed E-state index contributed by atoms with van der Waals surface area (Å²) >= 11 is 0. The highest BCUT2D eigenvalue weighted by molar-refractivity contribution is 7.89. The summed E-state index contributed by atoms with van der Waals surface area (Å²) in [6.45, 7) is 2.73. The summed E-state index contributed by atoms with van der Waals surface area (Å²) in [7, 11) is -3.51. The Hall–Kier alpha value is -1.99. The van der Waals surface area contributed by atoms with Crippen LogP contribution in [0.4, 0.5) is 0 Å². The molecule has 1 unspecified atom stereocenters. The molecule has 0 N–H and O–H groups in total. The van der Waals surface area contributed by atoms with E-state index < -0.39 is 10.0 Å². The average molecular weight is 388 g/mol. The van der Waals surface area contributed by atoms with Gasteiger partial charge >= 0.3 is 0 Å². The Labute approximate surface area is 160 Å². The van der Waals surface area contributed by atoms with Crippen LogP contribution in [0, 0.1) is 6.92 Å². The van der Waals surface area contributed by atoms with Crippen LogP contribution in [0.2, 0.25) is 0 Å². The third-order valence-electron chi connectivity index (χ3n) is 5.36. The zero-order chi connectivity index (χ0) is 18.9. The van der Waals surface area contributed by atoms with Crippen LogP contribution in [0.25, 0.3) is 0 Å². The summed E-state index contributed by atoms with van der Waals surface area (Å²) in [6, 6.07) is 9.24. The molecule has 4 rings (SSSR count). The van der Waals surface area contributed by atoms with Crippen molar-refractivity contribution in [2.24, 2.45) is 0 Å². The molecule has 0 radical (unpaired) electrons. The number of aromatic nitrogens is 2. The maximum Gasteiger partial charge on any atom is 0.243 e. The summed E-state index contributed by atoms with van der Waals surface area (Å²) < 4.78 is 33.7. The number of nitrogens with zero attached hydrogens (tertiary/aromatic N) is 3. The third-order valence-corrected chi connectivity index (χ3v) is 7.22. The molecule has 1 atom stereocenters. The lowest BCUT2D eigenvalue weighted by atomic mass is 9.92. The average Bonchev–Trinajstić information content (AvgIpc) is 2.69. The number of fused-ring (bicyclic) bond motifs is 1. The van der Waals surface area contributed by atoms with E-state index in [0.29, 0.717) is 23.9 Å². The van der Waals surface area contributed by atoms with Gasteiger partial charge in [-0.2, -0.15) is 9.40 Å². The van der Waals surface area contributed by atoms with Crippen LogP contribution in [0.15, 0.2) is 35.2 Å². The molecule has 6 nitrogen and oxygen atoms in total. The van der Waals surface area contributed by atoms with Crippen molar-refractivity contribution < 1.29 is 13.2 Å². The Morgan fingerprint density at radius 2 is 1.85 bits per heavy atom. The van der Waals surface area contributed by atoms with Gasteiger partial charge in [-0.3, -0.25) is 0 Å². The minimum Gasteiger partial charge on any atom is -0.472 e. The molecule has 1 saturated heterocycles. The molecule has 2 aromatic rings. The minimum atomic E-state index is -3.51. The number of piperidine rings is 1. The SMILES string of the molecule is Cc1ccc(OC2CCCN(S(=O)(=O)c3ccc4c(c3)CCCC4)C2)nn1. The number of benzene rings is 1. The summed E-state index contributed by atoms with van der Waals surface area (Å²) in [6.07, 6.45) is 5.71. The Balaban J connectivity index is 1.50. The van der Waals surface area contributed by atoms with E-state index in [1.54, 1.807) is 16.4 Å². The van der Waals surface area contributed by atoms with Crippen LogP contribution in [0.1, 0.15) is 42.5 Å². The van der Waals surface area contributed by atoms with Crippen LogP contribution in [-0.2, 0) is 22.9 Å². The number of rotatable bonds is 4. The molecule has 27 heavy (non-hydrogen) atoms. The van der Waals surface area contributed by atoms with E-state index in [1.807, 2.05) is 25.1 Å². The van der Waals surface area contributed by atoms with Crippen LogP contribution < -0.4 is 4.74 Å². The second kappa shape index (κ2) is 7.56. The van der Waals surface area contributed by atoms with E-state index in [0.717, 1.165) is 37.8 Å². The minimum absolute atomic E-state index is 0.205. The van der Waals surface area contributed by atoms with Crippen LogP contribution in [0.3, 0.4) is 0 Å². The van der Waals surface area contributed by atoms with Gasteiger partial charge in [0.05, 0.1) is 17.1 Å². The first kappa shape index (κ1) is 18.4. The zero-order valence-electron chi connectivity index (χ0n) is 15.6. The highest BCUT2D eigenvalue weighted by Gasteiger charge is 2.32. The third kappa shape index (κ3) is 3.99. The van der Waals surface area contributed by atoms with Crippen LogP contribution in [-0.4, -0.2) is 42.1 Å². The van der Waals surface area contributed by atoms with E-state index >= 15 is 0 Å². The fourth-order valence-electron chi connectivity index (χ4n) is 3.86. The van der Waals surface area contributed by atoms with Gasteiger partial charge in [0, 0.05) is 12.6 Å². The van der Waals surface area contributed by atoms with Crippen molar-refractivity contribution in [3.05, 3.63) is 47.2 Å². The van der Waals surface area contributed by atoms with Gasteiger partial charge in [-0.25, -0.2) is 8.42 Å². The van der Waals surface area contributed by atoms with Crippen LogP contribution >= 0.6 is 0 Å². The second-order valence-electron chi connectivity index (χ2n) is 7.40. The van der Waals surface area contributed by atoms with Crippen molar-refractivity contribution in [2.45, 2.75) is 56.4 Å². The summed E-state index contributed by atoms with van der Waals surface area (Å²) in [5.74, 6) is 0.443. The van der Waals surface area contributed by atoms with E-state index in [-0.39, 0.29) is 6.10 Å². The molecule has 0 spiro atoms. The number of ether oxygens (including phenoxy) is 1. The van der Waals surface area contributed by atoms with Gasteiger partial charge in [0.15, 0.2) is 0 Å². The standard InChI is InChI=1S/C20H25N3O3S/c1-15-8-11-20(22-21-15)26-18-7-4-12-23(14-18)27(24,25)19-10-9-16-5-2-3-6-17(16)13-19/h8-11,13,18H,2-7,12,14H2,1H3. The van der Waals surface area contributed by atoms with E-state index in [1.165, 1.54) is 17.5 Å². The number of aryl methyl sites for hydroxylation is 3. The number of sulfonamides is 1. The topological polar surface area (TPSA) is 72.4 Å². The smallest absolute Gasteiger partial charge is 0.243 e. The van der Waals surface area contributed by atoms with Gasteiger partial charge in [-0.15, -0.1) is 5.10 Å². The molecule has 144 valence electrons. The van der Waals surface area contributed by atoms with Crippen molar-refractivity contribution in [3.63, 3.8) is 0 Å². The lowest BCUT2D eigenvalue weighted by Gasteiger charge is -2.32. The molecule has 1 aliphatic carbocycles. The summed E-state index contributed by atoms with van der Waals surface area (Å²) in [5, 5.41) is 8.02. The predicted molar refractivity (Wildman–Crippen MR) is 102 cm³/mol. The zero-order valence-corrected chi connectivity index (χ0v) is 16.4. The fraction of sp³-hybridized carbons (Fsp3) is 0.500. The van der Waals surface area contributed by atoms with E-state index in [9.17, 15) is 8.42 Å². The molecule has 2 aliphatic rings. The molecule has 7 heteroatoms. The monoisotopic (exact) mass is 387 g/mol. The Morgan fingerprint density at radius 3 is 2.63 bits per heavy atom. The Morgan fingerprint density at radius 1 is 1.04 bits per heavy atom. The van der Waals surface area contributed by atoms with Crippen molar-refractivity contribution >= 4 is 10.0 Å². The van der Waals surface area contributed by atoms with Gasteiger partial charge in [0.1, 0.15) is 6.10 Å². The maximum atomic E-state index is 13.2. The molecule has 1 fully saturated rings. The molecule has 1 aliphatic heterocycles. The lowest BCUT2D eigenvalue weighted by molar-refractivity contribution is 0.123. The van der Waals surface area contributed by atoms with E-state index in [2.05, 4.69) is 10.2 Å². The summed E-state index contributed by atoms with van der Waals surface area (Å²) in [4.78, 5) is 0.402. The fourth-order valence-corrected chi connectivity index (χ4v) is 5.42. The molecular weight excluding hydrogens is 362 g/mol. The highest BCUT2D eigenvalue weighted by Crippen LogP contribution is 2.27. The normalized spacial score (nSPS) is 20.9. The molecule has 2 heterocycles. The van der Waals surface area contributed by atoms with Crippen molar-refractivity contribution in [3.8, 4) is 5.88 Å². The number of hydrogen-bond acceptors (Lipinski definition) is 5. The highest BCUT2D eigenvalue weighted by atomic mass is 32.2. The lowest BCUT2D eigenvalue weighted by Crippen LogP contribution is -2.44.